The number of carboxylic acid groups (broad SMARTS) is 1. The zero-order valence-electron chi connectivity index (χ0n) is 19.8. The lowest BCUT2D eigenvalue weighted by molar-refractivity contribution is -0.142. The lowest BCUT2D eigenvalue weighted by Crippen LogP contribution is -2.56. The molecule has 0 spiro atoms. The fourth-order valence-corrected chi connectivity index (χ4v) is 3.27. The number of carboxylic acids is 1. The molecule has 4 unspecified atom stereocenters. The molecule has 0 radical (unpaired) electrons. The molecule has 0 rings (SSSR count). The highest BCUT2D eigenvalue weighted by molar-refractivity contribution is 7.98. The Hall–Kier alpha value is -2.54. The van der Waals surface area contributed by atoms with E-state index in [0.29, 0.717) is 31.6 Å². The van der Waals surface area contributed by atoms with Gasteiger partial charge in [0.15, 0.2) is 5.96 Å². The number of nitrogens with two attached hydrogens (primary N) is 3. The van der Waals surface area contributed by atoms with Crippen LogP contribution in [0.4, 0.5) is 0 Å². The molecule has 0 saturated heterocycles. The smallest absolute Gasteiger partial charge is 0.326 e. The second-order valence-electron chi connectivity index (χ2n) is 8.16. The predicted octanol–water partition coefficient (Wildman–Crippen LogP) is -1.27. The van der Waals surface area contributed by atoms with E-state index in [-0.39, 0.29) is 18.3 Å². The Morgan fingerprint density at radius 2 is 1.55 bits per heavy atom. The highest BCUT2D eigenvalue weighted by Gasteiger charge is 2.28. The molecule has 0 bridgehead atoms. The molecule has 12 nitrogen and oxygen atoms in total. The third-order valence-electron chi connectivity index (χ3n) is 4.62. The summed E-state index contributed by atoms with van der Waals surface area (Å²) in [6, 6.07) is -3.79. The minimum atomic E-state index is -1.14. The highest BCUT2D eigenvalue weighted by Crippen LogP contribution is 2.07. The van der Waals surface area contributed by atoms with Crippen LogP contribution in [0, 0.1) is 5.92 Å². The molecule has 10 N–H and O–H groups in total. The van der Waals surface area contributed by atoms with Crippen LogP contribution < -0.4 is 33.2 Å². The van der Waals surface area contributed by atoms with Crippen molar-refractivity contribution in [3.05, 3.63) is 0 Å². The van der Waals surface area contributed by atoms with Crippen LogP contribution in [0.15, 0.2) is 4.99 Å². The fourth-order valence-electron chi connectivity index (χ4n) is 2.80. The van der Waals surface area contributed by atoms with Gasteiger partial charge in [-0.15, -0.1) is 0 Å². The number of nitrogens with one attached hydrogen (secondary N) is 3. The first-order chi connectivity index (χ1) is 15.4. The van der Waals surface area contributed by atoms with Crippen LogP contribution in [0.25, 0.3) is 0 Å². The number of nitrogens with zero attached hydrogens (tertiary/aromatic N) is 1. The van der Waals surface area contributed by atoms with Crippen LogP contribution in [0.1, 0.15) is 46.5 Å². The second kappa shape index (κ2) is 16.1. The van der Waals surface area contributed by atoms with E-state index >= 15 is 0 Å². The summed E-state index contributed by atoms with van der Waals surface area (Å²) in [5, 5.41) is 17.0. The van der Waals surface area contributed by atoms with Crippen LogP contribution in [-0.2, 0) is 19.2 Å². The monoisotopic (exact) mass is 489 g/mol. The Labute approximate surface area is 199 Å². The number of aliphatic imine (C=N–C) groups is 1. The Balaban J connectivity index is 4.94. The normalized spacial score (nSPS) is 14.5. The van der Waals surface area contributed by atoms with Gasteiger partial charge in [-0.2, -0.15) is 11.8 Å². The molecule has 0 aliphatic heterocycles. The number of hydrogen-bond acceptors (Lipinski definition) is 7. The van der Waals surface area contributed by atoms with E-state index in [1.807, 2.05) is 20.1 Å². The summed E-state index contributed by atoms with van der Waals surface area (Å²) in [5.41, 5.74) is 16.3. The van der Waals surface area contributed by atoms with E-state index in [1.54, 1.807) is 0 Å². The van der Waals surface area contributed by atoms with Gasteiger partial charge in [-0.25, -0.2) is 4.79 Å². The number of amides is 3. The van der Waals surface area contributed by atoms with Gasteiger partial charge in [0.2, 0.25) is 17.7 Å². The number of thioether (sulfide) groups is 1. The number of rotatable bonds is 16. The van der Waals surface area contributed by atoms with Gasteiger partial charge in [-0.3, -0.25) is 19.4 Å². The number of guanidine groups is 1. The van der Waals surface area contributed by atoms with Gasteiger partial charge in [-0.1, -0.05) is 13.8 Å². The van der Waals surface area contributed by atoms with Crippen molar-refractivity contribution in [1.29, 1.82) is 0 Å². The summed E-state index contributed by atoms with van der Waals surface area (Å²) < 4.78 is 0. The summed E-state index contributed by atoms with van der Waals surface area (Å²) in [5.74, 6) is -2.23. The SMILES string of the molecule is CSCCC(NC(=O)C(C)NC(=O)C(N)CCCN=C(N)N)C(=O)NC(CC(C)C)C(=O)O. The average molecular weight is 490 g/mol. The summed E-state index contributed by atoms with van der Waals surface area (Å²) >= 11 is 1.49. The van der Waals surface area contributed by atoms with Gasteiger partial charge in [0, 0.05) is 6.54 Å². The summed E-state index contributed by atoms with van der Waals surface area (Å²) in [7, 11) is 0. The maximum absolute atomic E-state index is 12.7. The maximum Gasteiger partial charge on any atom is 0.326 e. The van der Waals surface area contributed by atoms with Crippen molar-refractivity contribution in [2.45, 2.75) is 70.6 Å². The zero-order valence-corrected chi connectivity index (χ0v) is 20.6. The van der Waals surface area contributed by atoms with Gasteiger partial charge in [0.05, 0.1) is 6.04 Å². The Bertz CT molecular complexity index is 686. The van der Waals surface area contributed by atoms with Crippen molar-refractivity contribution >= 4 is 41.4 Å². The van der Waals surface area contributed by atoms with E-state index < -0.39 is 47.9 Å². The van der Waals surface area contributed by atoms with Crippen LogP contribution in [0.5, 0.6) is 0 Å². The standard InChI is InChI=1S/C20H39N7O5S/c1-11(2)10-15(19(31)32)27-18(30)14(7-9-33-4)26-16(28)12(3)25-17(29)13(21)6-5-8-24-20(22)23/h11-15H,5-10,21H2,1-4H3,(H,25,29)(H,26,28)(H,27,30)(H,31,32)(H4,22,23,24). The minimum Gasteiger partial charge on any atom is -0.480 e. The molecule has 0 aliphatic carbocycles. The molecule has 4 atom stereocenters. The van der Waals surface area contributed by atoms with E-state index in [0.717, 1.165) is 0 Å². The quantitative estimate of drug-likeness (QED) is 0.0779. The van der Waals surface area contributed by atoms with Crippen molar-refractivity contribution in [3.8, 4) is 0 Å². The number of hydrogen-bond donors (Lipinski definition) is 7. The largest absolute Gasteiger partial charge is 0.480 e. The molecule has 0 aromatic rings. The number of aliphatic carboxylic acids is 1. The third kappa shape index (κ3) is 13.6. The summed E-state index contributed by atoms with van der Waals surface area (Å²) in [6.07, 6.45) is 3.23. The molecule has 0 fully saturated rings. The molecular weight excluding hydrogens is 450 g/mol. The molecule has 0 aliphatic rings. The first kappa shape index (κ1) is 30.5. The van der Waals surface area contributed by atoms with Crippen molar-refractivity contribution in [2.24, 2.45) is 28.1 Å². The Kier molecular flexibility index (Phi) is 14.9. The molecule has 0 heterocycles. The van der Waals surface area contributed by atoms with Crippen molar-refractivity contribution < 1.29 is 24.3 Å². The molecule has 3 amide bonds. The molecule has 0 aromatic carbocycles. The van der Waals surface area contributed by atoms with Crippen LogP contribution >= 0.6 is 11.8 Å². The third-order valence-corrected chi connectivity index (χ3v) is 5.27. The first-order valence-electron chi connectivity index (χ1n) is 10.8. The Morgan fingerprint density at radius 3 is 2.06 bits per heavy atom. The van der Waals surface area contributed by atoms with Gasteiger partial charge >= 0.3 is 5.97 Å². The van der Waals surface area contributed by atoms with Crippen LogP contribution in [0.3, 0.4) is 0 Å². The van der Waals surface area contributed by atoms with Gasteiger partial charge in [-0.05, 0) is 50.5 Å². The maximum atomic E-state index is 12.7. The zero-order chi connectivity index (χ0) is 25.6. The predicted molar refractivity (Wildman–Crippen MR) is 129 cm³/mol. The average Bonchev–Trinajstić information content (AvgIpc) is 2.72. The lowest BCUT2D eigenvalue weighted by Gasteiger charge is -2.24. The first-order valence-corrected chi connectivity index (χ1v) is 12.2. The van der Waals surface area contributed by atoms with E-state index in [1.165, 1.54) is 18.7 Å². The van der Waals surface area contributed by atoms with E-state index in [2.05, 4.69) is 20.9 Å². The molecule has 190 valence electrons. The second-order valence-corrected chi connectivity index (χ2v) is 9.14. The number of carbonyl (C=O) groups excluding carboxylic acids is 3. The summed E-state index contributed by atoms with van der Waals surface area (Å²) in [6.45, 7) is 5.51. The highest BCUT2D eigenvalue weighted by atomic mass is 32.2. The number of carbonyl (C=O) groups is 4. The van der Waals surface area contributed by atoms with Gasteiger partial charge in [0.1, 0.15) is 18.1 Å². The van der Waals surface area contributed by atoms with Crippen LogP contribution in [0.2, 0.25) is 0 Å². The van der Waals surface area contributed by atoms with E-state index in [4.69, 9.17) is 17.2 Å². The molecule has 0 aromatic heterocycles. The van der Waals surface area contributed by atoms with Crippen molar-refractivity contribution in [1.82, 2.24) is 16.0 Å². The fraction of sp³-hybridized carbons (Fsp3) is 0.750. The summed E-state index contributed by atoms with van der Waals surface area (Å²) in [4.78, 5) is 52.8. The Morgan fingerprint density at radius 1 is 0.939 bits per heavy atom. The van der Waals surface area contributed by atoms with Crippen LogP contribution in [-0.4, -0.2) is 77.5 Å². The van der Waals surface area contributed by atoms with Gasteiger partial charge < -0.3 is 38.3 Å². The van der Waals surface area contributed by atoms with Crippen molar-refractivity contribution in [2.75, 3.05) is 18.6 Å². The van der Waals surface area contributed by atoms with Crippen molar-refractivity contribution in [3.63, 3.8) is 0 Å². The minimum absolute atomic E-state index is 0.0442. The molecule has 33 heavy (non-hydrogen) atoms. The molecule has 0 saturated carbocycles. The lowest BCUT2D eigenvalue weighted by atomic mass is 10.0. The van der Waals surface area contributed by atoms with E-state index in [9.17, 15) is 24.3 Å². The molecule has 13 heteroatoms. The van der Waals surface area contributed by atoms with Gasteiger partial charge in [0.25, 0.3) is 0 Å². The molecular formula is C20H39N7O5S. The topological polar surface area (TPSA) is 215 Å².